The van der Waals surface area contributed by atoms with Crippen molar-refractivity contribution < 1.29 is 0 Å². The quantitative estimate of drug-likeness (QED) is 0.839. The minimum absolute atomic E-state index is 0.759. The molecule has 0 aromatic carbocycles. The first-order valence-corrected chi connectivity index (χ1v) is 8.45. The smallest absolute Gasteiger partial charge is 0.0195 e. The van der Waals surface area contributed by atoms with E-state index in [-0.39, 0.29) is 0 Å². The normalized spacial score (nSPS) is 38.5. The van der Waals surface area contributed by atoms with Gasteiger partial charge in [-0.2, -0.15) is 0 Å². The lowest BCUT2D eigenvalue weighted by atomic mass is 9.96. The summed E-state index contributed by atoms with van der Waals surface area (Å²) in [7, 11) is 2.14. The van der Waals surface area contributed by atoms with Crippen molar-refractivity contribution in [3.8, 4) is 0 Å². The molecular weight excluding hydrogens is 234 g/mol. The maximum Gasteiger partial charge on any atom is 0.0195 e. The molecule has 3 heteroatoms. The highest BCUT2D eigenvalue weighted by molar-refractivity contribution is 4.98. The fourth-order valence-electron chi connectivity index (χ4n) is 4.59. The molecule has 0 spiro atoms. The average Bonchev–Trinajstić information content (AvgIpc) is 2.70. The lowest BCUT2D eigenvalue weighted by Gasteiger charge is -2.42. The number of piperidine rings is 2. The number of likely N-dealkylation sites (tertiary alicyclic amines) is 1. The van der Waals surface area contributed by atoms with Crippen molar-refractivity contribution in [3.63, 3.8) is 0 Å². The van der Waals surface area contributed by atoms with E-state index in [0.29, 0.717) is 0 Å². The second-order valence-electron chi connectivity index (χ2n) is 6.98. The predicted octanol–water partition coefficient (Wildman–Crippen LogP) is 2.08. The van der Waals surface area contributed by atoms with Gasteiger partial charge in [0, 0.05) is 30.7 Å². The highest BCUT2D eigenvalue weighted by Gasteiger charge is 2.40. The highest BCUT2D eigenvalue weighted by atomic mass is 15.3. The van der Waals surface area contributed by atoms with Crippen molar-refractivity contribution >= 4 is 0 Å². The van der Waals surface area contributed by atoms with Crippen LogP contribution in [-0.2, 0) is 0 Å². The van der Waals surface area contributed by atoms with Crippen LogP contribution in [-0.4, -0.2) is 60.6 Å². The van der Waals surface area contributed by atoms with E-state index in [2.05, 4.69) is 29.1 Å². The zero-order chi connectivity index (χ0) is 13.2. The van der Waals surface area contributed by atoms with Crippen molar-refractivity contribution in [2.45, 2.75) is 76.0 Å². The monoisotopic (exact) mass is 265 g/mol. The summed E-state index contributed by atoms with van der Waals surface area (Å²) in [6.45, 7) is 6.44. The van der Waals surface area contributed by atoms with Crippen molar-refractivity contribution in [1.82, 2.24) is 15.1 Å². The molecule has 3 atom stereocenters. The number of rotatable bonds is 4. The van der Waals surface area contributed by atoms with E-state index < -0.39 is 0 Å². The van der Waals surface area contributed by atoms with Gasteiger partial charge >= 0.3 is 0 Å². The van der Waals surface area contributed by atoms with Gasteiger partial charge in [0.1, 0.15) is 0 Å². The minimum atomic E-state index is 0.759. The molecule has 0 aliphatic carbocycles. The summed E-state index contributed by atoms with van der Waals surface area (Å²) in [4.78, 5) is 5.58. The van der Waals surface area contributed by atoms with E-state index in [4.69, 9.17) is 0 Å². The summed E-state index contributed by atoms with van der Waals surface area (Å²) in [5.41, 5.74) is 0. The lowest BCUT2D eigenvalue weighted by molar-refractivity contribution is 0.0691. The van der Waals surface area contributed by atoms with Crippen LogP contribution in [0.15, 0.2) is 0 Å². The molecule has 3 heterocycles. The molecule has 0 radical (unpaired) electrons. The molecule has 2 bridgehead atoms. The van der Waals surface area contributed by atoms with Gasteiger partial charge in [-0.15, -0.1) is 0 Å². The van der Waals surface area contributed by atoms with Crippen LogP contribution in [0.1, 0.15) is 51.9 Å². The molecule has 3 saturated heterocycles. The summed E-state index contributed by atoms with van der Waals surface area (Å²) in [5.74, 6) is 0. The Morgan fingerprint density at radius 1 is 1.05 bits per heavy atom. The first kappa shape index (κ1) is 13.8. The van der Waals surface area contributed by atoms with Crippen LogP contribution in [0.3, 0.4) is 0 Å². The molecule has 3 unspecified atom stereocenters. The van der Waals surface area contributed by atoms with Crippen molar-refractivity contribution in [2.75, 3.05) is 26.7 Å². The second-order valence-corrected chi connectivity index (χ2v) is 6.98. The van der Waals surface area contributed by atoms with Crippen molar-refractivity contribution in [3.05, 3.63) is 0 Å². The molecule has 3 aliphatic rings. The van der Waals surface area contributed by atoms with Gasteiger partial charge in [0.05, 0.1) is 0 Å². The molecular formula is C16H31N3. The highest BCUT2D eigenvalue weighted by Crippen LogP contribution is 2.36. The SMILES string of the molecule is CNC1CC2CCC(C1)N2CC(C)N1CCCCC1. The molecule has 0 aromatic rings. The average molecular weight is 265 g/mol. The van der Waals surface area contributed by atoms with Crippen LogP contribution in [0.4, 0.5) is 0 Å². The maximum atomic E-state index is 3.50. The zero-order valence-electron chi connectivity index (χ0n) is 12.8. The van der Waals surface area contributed by atoms with Crippen LogP contribution in [0, 0.1) is 0 Å². The van der Waals surface area contributed by atoms with Crippen LogP contribution in [0.25, 0.3) is 0 Å². The summed E-state index contributed by atoms with van der Waals surface area (Å²) < 4.78 is 0. The summed E-state index contributed by atoms with van der Waals surface area (Å²) >= 11 is 0. The summed E-state index contributed by atoms with van der Waals surface area (Å²) in [6, 6.07) is 3.26. The van der Waals surface area contributed by atoms with E-state index in [9.17, 15) is 0 Å². The molecule has 110 valence electrons. The number of hydrogen-bond acceptors (Lipinski definition) is 3. The fraction of sp³-hybridized carbons (Fsp3) is 1.00. The summed E-state index contributed by atoms with van der Waals surface area (Å²) in [5, 5.41) is 3.50. The number of nitrogens with zero attached hydrogens (tertiary/aromatic N) is 2. The van der Waals surface area contributed by atoms with Gasteiger partial charge in [0.25, 0.3) is 0 Å². The predicted molar refractivity (Wildman–Crippen MR) is 80.5 cm³/mol. The molecule has 3 aliphatic heterocycles. The van der Waals surface area contributed by atoms with E-state index in [1.165, 1.54) is 64.6 Å². The van der Waals surface area contributed by atoms with Gasteiger partial charge in [-0.1, -0.05) is 6.42 Å². The van der Waals surface area contributed by atoms with E-state index >= 15 is 0 Å². The third-order valence-electron chi connectivity index (χ3n) is 5.78. The van der Waals surface area contributed by atoms with Crippen LogP contribution in [0.2, 0.25) is 0 Å². The topological polar surface area (TPSA) is 18.5 Å². The molecule has 0 aromatic heterocycles. The first-order chi connectivity index (χ1) is 9.28. The molecule has 3 rings (SSSR count). The molecule has 19 heavy (non-hydrogen) atoms. The van der Waals surface area contributed by atoms with Crippen molar-refractivity contribution in [1.29, 1.82) is 0 Å². The molecule has 0 amide bonds. The van der Waals surface area contributed by atoms with E-state index in [0.717, 1.165) is 24.2 Å². The van der Waals surface area contributed by atoms with Crippen LogP contribution < -0.4 is 5.32 Å². The maximum absolute atomic E-state index is 3.50. The van der Waals surface area contributed by atoms with Gasteiger partial charge in [0.2, 0.25) is 0 Å². The Labute approximate surface area is 118 Å². The molecule has 0 saturated carbocycles. The Morgan fingerprint density at radius 2 is 1.68 bits per heavy atom. The molecule has 1 N–H and O–H groups in total. The van der Waals surface area contributed by atoms with E-state index in [1.807, 2.05) is 0 Å². The standard InChI is InChI=1S/C16H31N3/c1-13(18-8-4-3-5-9-18)12-19-15-6-7-16(19)11-14(10-15)17-2/h13-17H,3-12H2,1-2H3. The number of nitrogens with one attached hydrogen (secondary N) is 1. The second kappa shape index (κ2) is 6.11. The third-order valence-corrected chi connectivity index (χ3v) is 5.78. The van der Waals surface area contributed by atoms with Crippen LogP contribution in [0.5, 0.6) is 0 Å². The zero-order valence-corrected chi connectivity index (χ0v) is 12.8. The minimum Gasteiger partial charge on any atom is -0.317 e. The lowest BCUT2D eigenvalue weighted by Crippen LogP contribution is -2.53. The van der Waals surface area contributed by atoms with Gasteiger partial charge in [-0.25, -0.2) is 0 Å². The summed E-state index contributed by atoms with van der Waals surface area (Å²) in [6.07, 6.45) is 9.91. The Hall–Kier alpha value is -0.120. The Balaban J connectivity index is 1.55. The van der Waals surface area contributed by atoms with Gasteiger partial charge in [-0.3, -0.25) is 9.80 Å². The number of fused-ring (bicyclic) bond motifs is 2. The first-order valence-electron chi connectivity index (χ1n) is 8.45. The fourth-order valence-corrected chi connectivity index (χ4v) is 4.59. The van der Waals surface area contributed by atoms with Gasteiger partial charge in [-0.05, 0) is 65.6 Å². The largest absolute Gasteiger partial charge is 0.317 e. The van der Waals surface area contributed by atoms with E-state index in [1.54, 1.807) is 0 Å². The van der Waals surface area contributed by atoms with Crippen molar-refractivity contribution in [2.24, 2.45) is 0 Å². The van der Waals surface area contributed by atoms with Gasteiger partial charge < -0.3 is 5.32 Å². The van der Waals surface area contributed by atoms with Gasteiger partial charge in [0.15, 0.2) is 0 Å². The Kier molecular flexibility index (Phi) is 4.45. The third kappa shape index (κ3) is 2.98. The molecule has 3 fully saturated rings. The Morgan fingerprint density at radius 3 is 2.26 bits per heavy atom. The number of hydrogen-bond donors (Lipinski definition) is 1. The van der Waals surface area contributed by atoms with Crippen LogP contribution >= 0.6 is 0 Å². The Bertz CT molecular complexity index is 274. The molecule has 3 nitrogen and oxygen atoms in total.